The number of benzene rings is 1. The molecule has 0 aliphatic rings. The van der Waals surface area contributed by atoms with E-state index in [1.165, 1.54) is 12.1 Å². The Morgan fingerprint density at radius 1 is 1.47 bits per heavy atom. The zero-order valence-electron chi connectivity index (χ0n) is 9.55. The maximum atomic E-state index is 11.5. The van der Waals surface area contributed by atoms with E-state index in [-0.39, 0.29) is 11.3 Å². The van der Waals surface area contributed by atoms with Gasteiger partial charge in [-0.15, -0.1) is 0 Å². The van der Waals surface area contributed by atoms with E-state index in [4.69, 9.17) is 15.5 Å². The van der Waals surface area contributed by atoms with Gasteiger partial charge in [-0.05, 0) is 18.2 Å². The minimum absolute atomic E-state index is 0.261. The predicted molar refractivity (Wildman–Crippen MR) is 69.5 cm³/mol. The number of rotatable bonds is 4. The summed E-state index contributed by atoms with van der Waals surface area (Å²) in [5.41, 5.74) is 0.538. The van der Waals surface area contributed by atoms with Gasteiger partial charge in [0.2, 0.25) is 0 Å². The van der Waals surface area contributed by atoms with Crippen LogP contribution in [0.1, 0.15) is 5.56 Å². The maximum absolute atomic E-state index is 11.5. The highest BCUT2D eigenvalue weighted by Gasteiger charge is 2.14. The topological polar surface area (TPSA) is 122 Å². The molecule has 1 atom stereocenters. The van der Waals surface area contributed by atoms with Crippen molar-refractivity contribution in [3.05, 3.63) is 28.2 Å². The molecule has 0 aliphatic heterocycles. The molecule has 7 nitrogen and oxygen atoms in total. The summed E-state index contributed by atoms with van der Waals surface area (Å²) in [6, 6.07) is 5.89. The quantitative estimate of drug-likeness (QED) is 0.654. The Labute approximate surface area is 117 Å². The first-order valence-electron chi connectivity index (χ1n) is 5.09. The smallest absolute Gasteiger partial charge is 0.334 e. The number of halogens is 1. The highest BCUT2D eigenvalue weighted by molar-refractivity contribution is 9.10. The van der Waals surface area contributed by atoms with Crippen LogP contribution in [0.15, 0.2) is 22.7 Å². The van der Waals surface area contributed by atoms with Crippen molar-refractivity contribution in [1.29, 1.82) is 5.26 Å². The van der Waals surface area contributed by atoms with E-state index in [1.54, 1.807) is 6.07 Å². The van der Waals surface area contributed by atoms with Crippen LogP contribution in [0, 0.1) is 11.3 Å². The van der Waals surface area contributed by atoms with Crippen molar-refractivity contribution in [1.82, 2.24) is 5.32 Å². The Balaban J connectivity index is 2.65. The van der Waals surface area contributed by atoms with E-state index in [1.807, 2.05) is 6.07 Å². The maximum Gasteiger partial charge on any atom is 0.334 e. The molecule has 0 spiro atoms. The van der Waals surface area contributed by atoms with E-state index in [0.29, 0.717) is 4.47 Å². The number of anilines is 1. The number of aliphatic hydroxyl groups excluding tert-OH is 1. The molecule has 0 aliphatic carbocycles. The number of aliphatic carboxylic acids is 1. The van der Waals surface area contributed by atoms with Gasteiger partial charge >= 0.3 is 12.0 Å². The molecule has 1 aromatic carbocycles. The van der Waals surface area contributed by atoms with Crippen molar-refractivity contribution in [2.24, 2.45) is 0 Å². The molecular formula is C11H10BrN3O4. The van der Waals surface area contributed by atoms with Gasteiger partial charge in [0.1, 0.15) is 6.07 Å². The second-order valence-electron chi connectivity index (χ2n) is 3.49. The summed E-state index contributed by atoms with van der Waals surface area (Å²) in [7, 11) is 0. The molecule has 4 N–H and O–H groups in total. The monoisotopic (exact) mass is 327 g/mol. The van der Waals surface area contributed by atoms with Crippen molar-refractivity contribution < 1.29 is 19.8 Å². The molecule has 1 rings (SSSR count). The lowest BCUT2D eigenvalue weighted by Crippen LogP contribution is -2.38. The minimum atomic E-state index is -1.68. The predicted octanol–water partition coefficient (Wildman–Crippen LogP) is 0.888. The molecular weight excluding hydrogens is 318 g/mol. The molecule has 0 aromatic heterocycles. The SMILES string of the molecule is N#Cc1ccc(Br)cc1NC(=O)NCC(O)C(=O)O. The van der Waals surface area contributed by atoms with Crippen molar-refractivity contribution in [2.45, 2.75) is 6.10 Å². The number of carboxylic acids is 1. The summed E-state index contributed by atoms with van der Waals surface area (Å²) in [4.78, 5) is 21.8. The van der Waals surface area contributed by atoms with E-state index in [9.17, 15) is 9.59 Å². The van der Waals surface area contributed by atoms with Crippen molar-refractivity contribution in [3.8, 4) is 6.07 Å². The average Bonchev–Trinajstić information content (AvgIpc) is 2.36. The van der Waals surface area contributed by atoms with Crippen LogP contribution < -0.4 is 10.6 Å². The second-order valence-corrected chi connectivity index (χ2v) is 4.41. The molecule has 0 heterocycles. The molecule has 100 valence electrons. The standard InChI is InChI=1S/C11H10BrN3O4/c12-7-2-1-6(4-13)8(3-7)15-11(19)14-5-9(16)10(17)18/h1-3,9,16H,5H2,(H,17,18)(H2,14,15,19). The van der Waals surface area contributed by atoms with E-state index < -0.39 is 24.6 Å². The molecule has 0 saturated heterocycles. The number of carbonyl (C=O) groups excluding carboxylic acids is 1. The van der Waals surface area contributed by atoms with Gasteiger partial charge in [-0.3, -0.25) is 0 Å². The third-order valence-electron chi connectivity index (χ3n) is 2.09. The molecule has 2 amide bonds. The Bertz CT molecular complexity index is 541. The van der Waals surface area contributed by atoms with Crippen LogP contribution >= 0.6 is 15.9 Å². The van der Waals surface area contributed by atoms with Crippen molar-refractivity contribution in [2.75, 3.05) is 11.9 Å². The molecule has 0 radical (unpaired) electrons. The lowest BCUT2D eigenvalue weighted by Gasteiger charge is -2.10. The summed E-state index contributed by atoms with van der Waals surface area (Å²) < 4.78 is 0.673. The van der Waals surface area contributed by atoms with Gasteiger partial charge in [-0.1, -0.05) is 15.9 Å². The Morgan fingerprint density at radius 3 is 2.74 bits per heavy atom. The van der Waals surface area contributed by atoms with Crippen LogP contribution in [-0.2, 0) is 4.79 Å². The van der Waals surface area contributed by atoms with E-state index in [0.717, 1.165) is 0 Å². The highest BCUT2D eigenvalue weighted by Crippen LogP contribution is 2.20. The van der Waals surface area contributed by atoms with Gasteiger partial charge in [0, 0.05) is 4.47 Å². The zero-order valence-corrected chi connectivity index (χ0v) is 11.1. The first-order chi connectivity index (χ1) is 8.93. The normalized spacial score (nSPS) is 11.2. The summed E-state index contributed by atoms with van der Waals surface area (Å²) in [5, 5.41) is 30.8. The number of hydrogen-bond donors (Lipinski definition) is 4. The highest BCUT2D eigenvalue weighted by atomic mass is 79.9. The fraction of sp³-hybridized carbons (Fsp3) is 0.182. The van der Waals surface area contributed by atoms with Crippen molar-refractivity contribution >= 4 is 33.6 Å². The Morgan fingerprint density at radius 2 is 2.16 bits per heavy atom. The number of nitriles is 1. The molecule has 8 heteroatoms. The van der Waals surface area contributed by atoms with E-state index >= 15 is 0 Å². The fourth-order valence-electron chi connectivity index (χ4n) is 1.16. The molecule has 0 fully saturated rings. The van der Waals surface area contributed by atoms with Gasteiger partial charge in [0.15, 0.2) is 6.10 Å². The zero-order chi connectivity index (χ0) is 14.4. The molecule has 19 heavy (non-hydrogen) atoms. The summed E-state index contributed by atoms with van der Waals surface area (Å²) >= 11 is 3.20. The third kappa shape index (κ3) is 4.57. The fourth-order valence-corrected chi connectivity index (χ4v) is 1.52. The molecule has 1 unspecified atom stereocenters. The molecule has 0 bridgehead atoms. The van der Waals surface area contributed by atoms with Crippen LogP contribution in [-0.4, -0.2) is 34.9 Å². The van der Waals surface area contributed by atoms with Crippen molar-refractivity contribution in [3.63, 3.8) is 0 Å². The Kier molecular flexibility index (Phi) is 5.29. The summed E-state index contributed by atoms with van der Waals surface area (Å²) in [6.07, 6.45) is -1.68. The van der Waals surface area contributed by atoms with Crippen LogP contribution in [0.5, 0.6) is 0 Å². The lowest BCUT2D eigenvalue weighted by molar-refractivity contribution is -0.146. The average molecular weight is 328 g/mol. The van der Waals surface area contributed by atoms with Crippen LogP contribution in [0.4, 0.5) is 10.5 Å². The van der Waals surface area contributed by atoms with Gasteiger partial charge in [-0.2, -0.15) is 5.26 Å². The van der Waals surface area contributed by atoms with Gasteiger partial charge in [-0.25, -0.2) is 9.59 Å². The number of hydrogen-bond acceptors (Lipinski definition) is 4. The van der Waals surface area contributed by atoms with E-state index in [2.05, 4.69) is 26.6 Å². The third-order valence-corrected chi connectivity index (χ3v) is 2.58. The first kappa shape index (κ1) is 14.9. The summed E-state index contributed by atoms with van der Waals surface area (Å²) in [5.74, 6) is -1.43. The number of amides is 2. The van der Waals surface area contributed by atoms with Crippen LogP contribution in [0.25, 0.3) is 0 Å². The Hall–Kier alpha value is -2.11. The van der Waals surface area contributed by atoms with Gasteiger partial charge < -0.3 is 20.8 Å². The number of urea groups is 1. The number of nitrogens with one attached hydrogen (secondary N) is 2. The largest absolute Gasteiger partial charge is 0.479 e. The lowest BCUT2D eigenvalue weighted by atomic mass is 10.2. The van der Waals surface area contributed by atoms with Crippen LogP contribution in [0.2, 0.25) is 0 Å². The molecule has 0 saturated carbocycles. The molecule has 1 aromatic rings. The van der Waals surface area contributed by atoms with Crippen LogP contribution in [0.3, 0.4) is 0 Å². The minimum Gasteiger partial charge on any atom is -0.479 e. The number of aliphatic hydroxyl groups is 1. The van der Waals surface area contributed by atoms with Gasteiger partial charge in [0.05, 0.1) is 17.8 Å². The van der Waals surface area contributed by atoms with Gasteiger partial charge in [0.25, 0.3) is 0 Å². The second kappa shape index (κ2) is 6.72. The number of nitrogens with zero attached hydrogens (tertiary/aromatic N) is 1. The number of carbonyl (C=O) groups is 2. The first-order valence-corrected chi connectivity index (χ1v) is 5.88. The number of carboxylic acid groups (broad SMARTS) is 1. The summed E-state index contributed by atoms with van der Waals surface area (Å²) in [6.45, 7) is -0.433.